The van der Waals surface area contributed by atoms with Gasteiger partial charge in [0.05, 0.1) is 12.3 Å². The Morgan fingerprint density at radius 1 is 1.30 bits per heavy atom. The second-order valence-electron chi connectivity index (χ2n) is 7.65. The minimum absolute atomic E-state index is 0.326. The monoisotopic (exact) mass is 364 g/mol. The molecule has 3 nitrogen and oxygen atoms in total. The molecule has 4 rings (SSSR count). The van der Waals surface area contributed by atoms with E-state index in [2.05, 4.69) is 28.2 Å². The van der Waals surface area contributed by atoms with E-state index in [9.17, 15) is 9.50 Å². The molecule has 0 spiro atoms. The Balaban J connectivity index is 1.79. The Labute approximate surface area is 159 Å². The molecule has 140 valence electrons. The molecule has 0 bridgehead atoms. The summed E-state index contributed by atoms with van der Waals surface area (Å²) in [5, 5.41) is 10.5. The average molecular weight is 364 g/mol. The van der Waals surface area contributed by atoms with Crippen molar-refractivity contribution in [1.82, 2.24) is 9.97 Å². The highest BCUT2D eigenvalue weighted by Crippen LogP contribution is 2.33. The van der Waals surface area contributed by atoms with Crippen LogP contribution in [0, 0.1) is 11.7 Å². The van der Waals surface area contributed by atoms with Crippen LogP contribution in [0.3, 0.4) is 0 Å². The first kappa shape index (κ1) is 17.9. The third-order valence-corrected chi connectivity index (χ3v) is 5.30. The van der Waals surface area contributed by atoms with Crippen molar-refractivity contribution in [2.45, 2.75) is 45.1 Å². The molecule has 27 heavy (non-hydrogen) atoms. The van der Waals surface area contributed by atoms with E-state index in [1.807, 2.05) is 18.2 Å². The zero-order chi connectivity index (χ0) is 18.8. The number of allylic oxidation sites excluding steroid dienone is 1. The van der Waals surface area contributed by atoms with Crippen LogP contribution in [-0.2, 0) is 6.42 Å². The highest BCUT2D eigenvalue weighted by Gasteiger charge is 2.17. The quantitative estimate of drug-likeness (QED) is 0.650. The fourth-order valence-corrected chi connectivity index (χ4v) is 4.04. The van der Waals surface area contributed by atoms with Crippen LogP contribution in [0.5, 0.6) is 0 Å². The van der Waals surface area contributed by atoms with Crippen molar-refractivity contribution in [2.75, 3.05) is 0 Å². The summed E-state index contributed by atoms with van der Waals surface area (Å²) in [6, 6.07) is 11.8. The number of benzene rings is 1. The van der Waals surface area contributed by atoms with Crippen molar-refractivity contribution < 1.29 is 9.50 Å². The normalized spacial score (nSPS) is 16.9. The van der Waals surface area contributed by atoms with Crippen LogP contribution in [0.4, 0.5) is 4.39 Å². The molecular weight excluding hydrogens is 339 g/mol. The van der Waals surface area contributed by atoms with Gasteiger partial charge in [0.25, 0.3) is 0 Å². The van der Waals surface area contributed by atoms with Gasteiger partial charge in [-0.2, -0.15) is 0 Å². The molecule has 2 aromatic heterocycles. The van der Waals surface area contributed by atoms with Gasteiger partial charge in [-0.25, -0.2) is 9.37 Å². The zero-order valence-electron chi connectivity index (χ0n) is 15.6. The number of nitrogens with one attached hydrogen (secondary N) is 1. The van der Waals surface area contributed by atoms with Crippen LogP contribution in [-0.4, -0.2) is 21.2 Å². The second-order valence-corrected chi connectivity index (χ2v) is 7.65. The van der Waals surface area contributed by atoms with Crippen LogP contribution in [0.1, 0.15) is 49.4 Å². The van der Waals surface area contributed by atoms with Gasteiger partial charge in [-0.05, 0) is 55.4 Å². The number of aliphatic hydroxyl groups excluding tert-OH is 1. The standard InChI is InChI=1S/C23H25FN2O/c1-15(27)9-17-7-4-8-18(10-17)21(11-16-5-2-3-6-16)22-13-19-12-20(24)14-25-23(19)26-22/h4,7-8,10-16,27H,2-3,5-6,9H2,1H3,(H,25,26). The maximum absolute atomic E-state index is 13.6. The molecule has 1 atom stereocenters. The summed E-state index contributed by atoms with van der Waals surface area (Å²) < 4.78 is 13.6. The summed E-state index contributed by atoms with van der Waals surface area (Å²) in [6.07, 6.45) is 8.83. The number of halogens is 1. The van der Waals surface area contributed by atoms with Crippen molar-refractivity contribution in [3.63, 3.8) is 0 Å². The molecule has 3 aromatic rings. The summed E-state index contributed by atoms with van der Waals surface area (Å²) >= 11 is 0. The lowest BCUT2D eigenvalue weighted by Gasteiger charge is -2.12. The number of pyridine rings is 1. The molecule has 1 aliphatic carbocycles. The molecule has 1 saturated carbocycles. The minimum atomic E-state index is -0.372. The van der Waals surface area contributed by atoms with Gasteiger partial charge in [0, 0.05) is 16.7 Å². The number of aromatic nitrogens is 2. The summed E-state index contributed by atoms with van der Waals surface area (Å²) in [7, 11) is 0. The molecule has 1 unspecified atom stereocenters. The third kappa shape index (κ3) is 4.11. The largest absolute Gasteiger partial charge is 0.393 e. The van der Waals surface area contributed by atoms with Gasteiger partial charge in [0.2, 0.25) is 0 Å². The molecule has 2 N–H and O–H groups in total. The van der Waals surface area contributed by atoms with Gasteiger partial charge in [0.1, 0.15) is 11.5 Å². The Kier molecular flexibility index (Phi) is 5.08. The number of aromatic amines is 1. The highest BCUT2D eigenvalue weighted by molar-refractivity contribution is 5.87. The summed E-state index contributed by atoms with van der Waals surface area (Å²) in [5.41, 5.74) is 5.02. The lowest BCUT2D eigenvalue weighted by molar-refractivity contribution is 0.195. The first-order chi connectivity index (χ1) is 13.1. The lowest BCUT2D eigenvalue weighted by atomic mass is 9.94. The molecule has 0 aliphatic heterocycles. The van der Waals surface area contributed by atoms with E-state index < -0.39 is 0 Å². The van der Waals surface area contributed by atoms with Crippen molar-refractivity contribution in [1.29, 1.82) is 0 Å². The summed E-state index contributed by atoms with van der Waals surface area (Å²) in [6.45, 7) is 1.81. The molecule has 2 heterocycles. The van der Waals surface area contributed by atoms with Crippen LogP contribution in [0.15, 0.2) is 48.7 Å². The lowest BCUT2D eigenvalue weighted by Crippen LogP contribution is -2.04. The van der Waals surface area contributed by atoms with E-state index in [4.69, 9.17) is 0 Å². The topological polar surface area (TPSA) is 48.9 Å². The number of fused-ring (bicyclic) bond motifs is 1. The van der Waals surface area contributed by atoms with Gasteiger partial charge in [-0.1, -0.05) is 43.2 Å². The molecule has 1 aromatic carbocycles. The predicted octanol–water partition coefficient (Wildman–Crippen LogP) is 5.25. The van der Waals surface area contributed by atoms with Crippen LogP contribution >= 0.6 is 0 Å². The molecule has 0 saturated heterocycles. The van der Waals surface area contributed by atoms with Gasteiger partial charge in [0.15, 0.2) is 0 Å². The minimum Gasteiger partial charge on any atom is -0.393 e. The summed E-state index contributed by atoms with van der Waals surface area (Å²) in [4.78, 5) is 7.54. The van der Waals surface area contributed by atoms with Crippen LogP contribution < -0.4 is 0 Å². The number of rotatable bonds is 5. The fourth-order valence-electron chi connectivity index (χ4n) is 4.04. The Bertz CT molecular complexity index is 967. The highest BCUT2D eigenvalue weighted by atomic mass is 19.1. The van der Waals surface area contributed by atoms with Crippen molar-refractivity contribution >= 4 is 16.6 Å². The van der Waals surface area contributed by atoms with E-state index >= 15 is 0 Å². The van der Waals surface area contributed by atoms with Crippen molar-refractivity contribution in [2.24, 2.45) is 5.92 Å². The molecule has 4 heteroatoms. The van der Waals surface area contributed by atoms with Gasteiger partial charge < -0.3 is 10.1 Å². The Morgan fingerprint density at radius 2 is 2.11 bits per heavy atom. The first-order valence-corrected chi connectivity index (χ1v) is 9.72. The van der Waals surface area contributed by atoms with Crippen LogP contribution in [0.25, 0.3) is 16.6 Å². The van der Waals surface area contributed by atoms with Crippen LogP contribution in [0.2, 0.25) is 0 Å². The van der Waals surface area contributed by atoms with E-state index in [0.29, 0.717) is 18.0 Å². The maximum Gasteiger partial charge on any atom is 0.142 e. The van der Waals surface area contributed by atoms with E-state index in [0.717, 1.165) is 27.8 Å². The van der Waals surface area contributed by atoms with Crippen molar-refractivity contribution in [3.8, 4) is 0 Å². The second kappa shape index (κ2) is 7.65. The van der Waals surface area contributed by atoms with Gasteiger partial charge in [-0.3, -0.25) is 0 Å². The predicted molar refractivity (Wildman–Crippen MR) is 107 cm³/mol. The van der Waals surface area contributed by atoms with E-state index in [1.54, 1.807) is 6.92 Å². The average Bonchev–Trinajstić information content (AvgIpc) is 3.28. The number of H-pyrrole nitrogens is 1. The van der Waals surface area contributed by atoms with E-state index in [1.165, 1.54) is 37.9 Å². The molecular formula is C23H25FN2O. The number of nitrogens with zero attached hydrogens (tertiary/aromatic N) is 1. The Morgan fingerprint density at radius 3 is 2.89 bits per heavy atom. The summed E-state index contributed by atoms with van der Waals surface area (Å²) in [5.74, 6) is 0.241. The fraction of sp³-hybridized carbons (Fsp3) is 0.348. The molecule has 1 aliphatic rings. The van der Waals surface area contributed by atoms with Gasteiger partial charge >= 0.3 is 0 Å². The molecule has 1 fully saturated rings. The first-order valence-electron chi connectivity index (χ1n) is 9.72. The number of hydrogen-bond donors (Lipinski definition) is 2. The Hall–Kier alpha value is -2.46. The van der Waals surface area contributed by atoms with Crippen molar-refractivity contribution in [3.05, 3.63) is 71.3 Å². The number of aliphatic hydroxyl groups is 1. The van der Waals surface area contributed by atoms with E-state index in [-0.39, 0.29) is 11.9 Å². The maximum atomic E-state index is 13.6. The number of hydrogen-bond acceptors (Lipinski definition) is 2. The smallest absolute Gasteiger partial charge is 0.142 e. The van der Waals surface area contributed by atoms with Gasteiger partial charge in [-0.15, -0.1) is 0 Å². The molecule has 0 amide bonds. The third-order valence-electron chi connectivity index (χ3n) is 5.30. The zero-order valence-corrected chi connectivity index (χ0v) is 15.6. The molecule has 0 radical (unpaired) electrons. The SMILES string of the molecule is CC(O)Cc1cccc(C(=CC2CCCC2)c2cc3cc(F)cnc3[nH]2)c1.